The van der Waals surface area contributed by atoms with Crippen LogP contribution in [0.25, 0.3) is 28.0 Å². The summed E-state index contributed by atoms with van der Waals surface area (Å²) >= 11 is 0. The van der Waals surface area contributed by atoms with E-state index in [1.807, 2.05) is 38.7 Å². The van der Waals surface area contributed by atoms with E-state index >= 15 is 4.39 Å². The van der Waals surface area contributed by atoms with Crippen LogP contribution < -0.4 is 10.6 Å². The molecular weight excluding hydrogens is 533 g/mol. The molecule has 1 atom stereocenters. The lowest BCUT2D eigenvalue weighted by molar-refractivity contribution is -0.126. The van der Waals surface area contributed by atoms with Crippen molar-refractivity contribution in [2.24, 2.45) is 0 Å². The fourth-order valence-electron chi connectivity index (χ4n) is 5.56. The van der Waals surface area contributed by atoms with Gasteiger partial charge in [0.2, 0.25) is 5.91 Å². The number of aryl methyl sites for hydroxylation is 2. The second-order valence-corrected chi connectivity index (χ2v) is 10.9. The van der Waals surface area contributed by atoms with Crippen LogP contribution in [0.4, 0.5) is 10.2 Å². The second kappa shape index (κ2) is 11.2. The molecule has 10 heteroatoms. The first-order valence-electron chi connectivity index (χ1n) is 13.8. The third-order valence-corrected chi connectivity index (χ3v) is 7.73. The minimum Gasteiger partial charge on any atom is -0.350 e. The summed E-state index contributed by atoms with van der Waals surface area (Å²) in [7, 11) is 0. The number of nitrogens with zero attached hydrogens (tertiary/aromatic N) is 7. The molecule has 9 nitrogen and oxygen atoms in total. The lowest BCUT2D eigenvalue weighted by atomic mass is 10.0. The summed E-state index contributed by atoms with van der Waals surface area (Å²) in [5.74, 6) is -0.316. The molecule has 0 radical (unpaired) electrons. The van der Waals surface area contributed by atoms with E-state index in [2.05, 4.69) is 22.6 Å². The topological polar surface area (TPSA) is 108 Å². The molecule has 1 aliphatic rings. The smallest absolute Gasteiger partial charge is 0.350 e. The molecule has 5 rings (SSSR count). The zero-order valence-corrected chi connectivity index (χ0v) is 24.3. The Bertz CT molecular complexity index is 1840. The molecule has 0 N–H and O–H groups in total. The summed E-state index contributed by atoms with van der Waals surface area (Å²) in [5, 5.41) is 10.7. The van der Waals surface area contributed by atoms with Gasteiger partial charge in [-0.1, -0.05) is 32.6 Å². The van der Waals surface area contributed by atoms with Crippen molar-refractivity contribution in [1.82, 2.24) is 24.4 Å². The van der Waals surface area contributed by atoms with E-state index in [0.717, 1.165) is 5.56 Å². The summed E-state index contributed by atoms with van der Waals surface area (Å²) in [5.41, 5.74) is 2.59. The van der Waals surface area contributed by atoms with Crippen LogP contribution in [0.3, 0.4) is 0 Å². The molecule has 1 aromatic carbocycles. The van der Waals surface area contributed by atoms with Gasteiger partial charge in [-0.3, -0.25) is 9.78 Å². The second-order valence-electron chi connectivity index (χ2n) is 10.9. The number of benzene rings is 1. The number of carbonyl (C=O) groups excluding carboxylic acids is 1. The SMILES string of the molecule is C=CC(=O)N1CCN(c2nc(=O)n(-c3c(C)ccnc3C(C)C)c3nc(-c4cccc(C)c4F)c(C#N)cc23)[C@@H](C)C1. The van der Waals surface area contributed by atoms with Gasteiger partial charge >= 0.3 is 5.69 Å². The van der Waals surface area contributed by atoms with Gasteiger partial charge in [-0.15, -0.1) is 0 Å². The summed E-state index contributed by atoms with van der Waals surface area (Å²) in [4.78, 5) is 43.9. The van der Waals surface area contributed by atoms with Crippen molar-refractivity contribution in [3.05, 3.63) is 87.9 Å². The minimum absolute atomic E-state index is 0.0240. The molecule has 1 fully saturated rings. The molecule has 1 saturated heterocycles. The van der Waals surface area contributed by atoms with E-state index in [9.17, 15) is 14.9 Å². The number of pyridine rings is 2. The van der Waals surface area contributed by atoms with Crippen LogP contribution >= 0.6 is 0 Å². The van der Waals surface area contributed by atoms with Crippen LogP contribution in [0.2, 0.25) is 0 Å². The Morgan fingerprint density at radius 3 is 2.62 bits per heavy atom. The molecule has 1 amide bonds. The van der Waals surface area contributed by atoms with E-state index < -0.39 is 11.5 Å². The van der Waals surface area contributed by atoms with Gasteiger partial charge in [0, 0.05) is 37.4 Å². The number of hydrogen-bond acceptors (Lipinski definition) is 7. The molecule has 4 heterocycles. The number of piperazine rings is 1. The number of aromatic nitrogens is 4. The zero-order valence-electron chi connectivity index (χ0n) is 24.3. The van der Waals surface area contributed by atoms with Gasteiger partial charge in [-0.25, -0.2) is 18.7 Å². The maximum atomic E-state index is 15.4. The van der Waals surface area contributed by atoms with E-state index in [-0.39, 0.29) is 40.3 Å². The normalized spacial score (nSPS) is 15.2. The maximum Gasteiger partial charge on any atom is 0.355 e. The van der Waals surface area contributed by atoms with Crippen molar-refractivity contribution < 1.29 is 9.18 Å². The quantitative estimate of drug-likeness (QED) is 0.319. The molecule has 0 aliphatic carbocycles. The number of rotatable bonds is 5. The molecular formula is C32H32FN7O2. The molecule has 42 heavy (non-hydrogen) atoms. The Morgan fingerprint density at radius 2 is 1.95 bits per heavy atom. The molecule has 0 unspecified atom stereocenters. The van der Waals surface area contributed by atoms with Gasteiger partial charge in [0.25, 0.3) is 0 Å². The highest BCUT2D eigenvalue weighted by atomic mass is 19.1. The van der Waals surface area contributed by atoms with E-state index in [0.29, 0.717) is 47.8 Å². The highest BCUT2D eigenvalue weighted by Gasteiger charge is 2.30. The highest BCUT2D eigenvalue weighted by Crippen LogP contribution is 2.34. The van der Waals surface area contributed by atoms with Crippen LogP contribution in [0.5, 0.6) is 0 Å². The third kappa shape index (κ3) is 4.81. The zero-order chi connectivity index (χ0) is 30.3. The summed E-state index contributed by atoms with van der Waals surface area (Å²) < 4.78 is 16.8. The molecule has 214 valence electrons. The van der Waals surface area contributed by atoms with Crippen LogP contribution in [-0.2, 0) is 4.79 Å². The van der Waals surface area contributed by atoms with Gasteiger partial charge < -0.3 is 9.80 Å². The molecule has 3 aromatic heterocycles. The molecule has 1 aliphatic heterocycles. The minimum atomic E-state index is -0.569. The number of halogens is 1. The number of amides is 1. The van der Waals surface area contributed by atoms with Crippen molar-refractivity contribution in [3.63, 3.8) is 0 Å². The van der Waals surface area contributed by atoms with E-state index in [1.165, 1.54) is 10.6 Å². The van der Waals surface area contributed by atoms with Crippen molar-refractivity contribution in [2.45, 2.75) is 46.6 Å². The molecule has 0 saturated carbocycles. The van der Waals surface area contributed by atoms with Gasteiger partial charge in [0.05, 0.1) is 28.0 Å². The number of hydrogen-bond donors (Lipinski definition) is 0. The third-order valence-electron chi connectivity index (χ3n) is 7.73. The molecule has 0 bridgehead atoms. The number of carbonyl (C=O) groups is 1. The van der Waals surface area contributed by atoms with Crippen molar-refractivity contribution in [2.75, 3.05) is 24.5 Å². The monoisotopic (exact) mass is 565 g/mol. The Balaban J connectivity index is 1.86. The van der Waals surface area contributed by atoms with Crippen molar-refractivity contribution in [3.8, 4) is 23.0 Å². The Hall–Kier alpha value is -4.91. The molecule has 0 spiro atoms. The van der Waals surface area contributed by atoms with Crippen molar-refractivity contribution >= 4 is 22.8 Å². The Labute approximate surface area is 243 Å². The lowest BCUT2D eigenvalue weighted by Gasteiger charge is -2.40. The largest absolute Gasteiger partial charge is 0.355 e. The number of nitriles is 1. The lowest BCUT2D eigenvalue weighted by Crippen LogP contribution is -2.54. The van der Waals surface area contributed by atoms with Crippen LogP contribution in [-0.4, -0.2) is 56.0 Å². The highest BCUT2D eigenvalue weighted by molar-refractivity contribution is 5.93. The van der Waals surface area contributed by atoms with E-state index in [1.54, 1.807) is 42.3 Å². The summed E-state index contributed by atoms with van der Waals surface area (Å²) in [6, 6.07) is 10.4. The standard InChI is InChI=1S/C32H32FN7O2/c1-7-25(41)38-13-14-39(21(6)17-38)30-24-15-22(16-34)28(23-10-8-9-19(4)26(23)33)36-31(24)40(32(42)37-30)29-20(5)11-12-35-27(29)18(2)3/h7-12,15,18,21H,1,13-14,17H2,2-6H3/t21-/m0/s1. The first-order chi connectivity index (χ1) is 20.1. The Morgan fingerprint density at radius 1 is 1.19 bits per heavy atom. The van der Waals surface area contributed by atoms with Crippen LogP contribution in [0.1, 0.15) is 49.1 Å². The number of anilines is 1. The van der Waals surface area contributed by atoms with Crippen LogP contribution in [0.15, 0.2) is 54.0 Å². The average molecular weight is 566 g/mol. The molecule has 4 aromatic rings. The fraction of sp³-hybridized carbons (Fsp3) is 0.312. The van der Waals surface area contributed by atoms with Gasteiger partial charge in [0.15, 0.2) is 5.65 Å². The van der Waals surface area contributed by atoms with Gasteiger partial charge in [-0.2, -0.15) is 10.2 Å². The average Bonchev–Trinajstić information content (AvgIpc) is 2.97. The first-order valence-corrected chi connectivity index (χ1v) is 13.8. The van der Waals surface area contributed by atoms with Crippen LogP contribution in [0, 0.1) is 31.0 Å². The van der Waals surface area contributed by atoms with E-state index in [4.69, 9.17) is 4.98 Å². The van der Waals surface area contributed by atoms with Crippen molar-refractivity contribution in [1.29, 1.82) is 5.26 Å². The van der Waals surface area contributed by atoms with Gasteiger partial charge in [0.1, 0.15) is 17.7 Å². The summed E-state index contributed by atoms with van der Waals surface area (Å²) in [6.45, 7) is 14.3. The first kappa shape index (κ1) is 28.6. The predicted molar refractivity (Wildman–Crippen MR) is 160 cm³/mol. The maximum absolute atomic E-state index is 15.4. The fourth-order valence-corrected chi connectivity index (χ4v) is 5.56. The predicted octanol–water partition coefficient (Wildman–Crippen LogP) is 4.82. The summed E-state index contributed by atoms with van der Waals surface area (Å²) in [6.07, 6.45) is 2.98. The Kier molecular flexibility index (Phi) is 7.61. The van der Waals surface area contributed by atoms with Gasteiger partial charge in [-0.05, 0) is 62.1 Å². The number of fused-ring (bicyclic) bond motifs is 1.